The maximum atomic E-state index is 11.9. The Hall–Kier alpha value is -1.83. The number of hydrazine groups is 1. The van der Waals surface area contributed by atoms with Crippen LogP contribution in [0.3, 0.4) is 0 Å². The SMILES string of the molecule is CCOC(=O)N1CCC(NC(=O)C2CC(=O)NN2)CC1. The molecule has 0 bridgehead atoms. The standard InChI is InChI=1S/C12H20N4O4/c1-2-20-12(19)16-5-3-8(4-6-16)13-11(18)9-7-10(17)15-14-9/h8-9,14H,2-7H2,1H3,(H,13,18)(H,15,17). The first-order valence-electron chi connectivity index (χ1n) is 6.86. The normalized spacial score (nSPS) is 23.4. The number of nitrogens with zero attached hydrogens (tertiary/aromatic N) is 1. The molecule has 2 heterocycles. The number of piperidine rings is 1. The van der Waals surface area contributed by atoms with Crippen LogP contribution in [0.25, 0.3) is 0 Å². The van der Waals surface area contributed by atoms with Gasteiger partial charge in [-0.25, -0.2) is 10.2 Å². The van der Waals surface area contributed by atoms with Crippen molar-refractivity contribution in [2.45, 2.75) is 38.3 Å². The molecule has 2 fully saturated rings. The van der Waals surface area contributed by atoms with Crippen LogP contribution in [-0.4, -0.2) is 54.6 Å². The Bertz CT molecular complexity index is 393. The highest BCUT2D eigenvalue weighted by Gasteiger charge is 2.30. The Morgan fingerprint density at radius 3 is 2.65 bits per heavy atom. The van der Waals surface area contributed by atoms with Crippen molar-refractivity contribution in [3.8, 4) is 0 Å². The largest absolute Gasteiger partial charge is 0.450 e. The summed E-state index contributed by atoms with van der Waals surface area (Å²) in [5, 5.41) is 2.90. The molecule has 0 aliphatic carbocycles. The van der Waals surface area contributed by atoms with E-state index in [1.807, 2.05) is 0 Å². The minimum absolute atomic E-state index is 0.0330. The van der Waals surface area contributed by atoms with Gasteiger partial charge in [-0.05, 0) is 19.8 Å². The summed E-state index contributed by atoms with van der Waals surface area (Å²) in [5.74, 6) is -0.361. The van der Waals surface area contributed by atoms with Crippen molar-refractivity contribution < 1.29 is 19.1 Å². The molecule has 3 amide bonds. The molecule has 2 rings (SSSR count). The van der Waals surface area contributed by atoms with Crippen LogP contribution < -0.4 is 16.2 Å². The van der Waals surface area contributed by atoms with E-state index in [0.29, 0.717) is 32.5 Å². The van der Waals surface area contributed by atoms with E-state index >= 15 is 0 Å². The van der Waals surface area contributed by atoms with Crippen LogP contribution in [0.5, 0.6) is 0 Å². The van der Waals surface area contributed by atoms with Gasteiger partial charge in [0.2, 0.25) is 11.8 Å². The molecule has 0 aromatic heterocycles. The van der Waals surface area contributed by atoms with E-state index < -0.39 is 6.04 Å². The monoisotopic (exact) mass is 284 g/mol. The van der Waals surface area contributed by atoms with E-state index in [9.17, 15) is 14.4 Å². The highest BCUT2D eigenvalue weighted by atomic mass is 16.6. The molecule has 8 nitrogen and oxygen atoms in total. The molecule has 20 heavy (non-hydrogen) atoms. The van der Waals surface area contributed by atoms with Gasteiger partial charge in [-0.15, -0.1) is 0 Å². The first-order chi connectivity index (χ1) is 9.60. The number of nitrogens with one attached hydrogen (secondary N) is 3. The van der Waals surface area contributed by atoms with Gasteiger partial charge < -0.3 is 15.0 Å². The first-order valence-corrected chi connectivity index (χ1v) is 6.86. The molecule has 2 aliphatic heterocycles. The van der Waals surface area contributed by atoms with Crippen LogP contribution in [0.1, 0.15) is 26.2 Å². The molecule has 112 valence electrons. The number of likely N-dealkylation sites (tertiary alicyclic amines) is 1. The number of hydrogen-bond acceptors (Lipinski definition) is 5. The van der Waals surface area contributed by atoms with Crippen molar-refractivity contribution in [2.24, 2.45) is 0 Å². The second kappa shape index (κ2) is 6.56. The van der Waals surface area contributed by atoms with E-state index in [0.717, 1.165) is 0 Å². The van der Waals surface area contributed by atoms with Gasteiger partial charge >= 0.3 is 6.09 Å². The average Bonchev–Trinajstić information content (AvgIpc) is 2.86. The number of carbonyl (C=O) groups is 3. The summed E-state index contributed by atoms with van der Waals surface area (Å²) in [4.78, 5) is 36.1. The van der Waals surface area contributed by atoms with Crippen molar-refractivity contribution in [2.75, 3.05) is 19.7 Å². The van der Waals surface area contributed by atoms with Crippen molar-refractivity contribution in [3.63, 3.8) is 0 Å². The van der Waals surface area contributed by atoms with E-state index in [1.165, 1.54) is 0 Å². The molecule has 1 atom stereocenters. The smallest absolute Gasteiger partial charge is 0.409 e. The van der Waals surface area contributed by atoms with Gasteiger partial charge in [0.05, 0.1) is 13.0 Å². The molecule has 2 aliphatic rings. The van der Waals surface area contributed by atoms with Crippen LogP contribution in [0, 0.1) is 0 Å². The van der Waals surface area contributed by atoms with E-state index in [-0.39, 0.29) is 30.4 Å². The van der Waals surface area contributed by atoms with Crippen molar-refractivity contribution in [1.82, 2.24) is 21.1 Å². The quantitative estimate of drug-likeness (QED) is 0.625. The molecule has 0 aromatic rings. The molecular weight excluding hydrogens is 264 g/mol. The summed E-state index contributed by atoms with van der Waals surface area (Å²) in [6, 6.07) is -0.476. The Kier molecular flexibility index (Phi) is 4.78. The van der Waals surface area contributed by atoms with Gasteiger partial charge in [0, 0.05) is 19.1 Å². The lowest BCUT2D eigenvalue weighted by Gasteiger charge is -2.32. The molecule has 2 saturated heterocycles. The Balaban J connectivity index is 1.73. The highest BCUT2D eigenvalue weighted by Crippen LogP contribution is 2.12. The lowest BCUT2D eigenvalue weighted by molar-refractivity contribution is -0.125. The third-order valence-electron chi connectivity index (χ3n) is 3.46. The first kappa shape index (κ1) is 14.6. The summed E-state index contributed by atoms with van der Waals surface area (Å²) >= 11 is 0. The number of rotatable bonds is 3. The molecule has 8 heteroatoms. The minimum Gasteiger partial charge on any atom is -0.450 e. The summed E-state index contributed by atoms with van der Waals surface area (Å²) in [5.41, 5.74) is 5.05. The minimum atomic E-state index is -0.509. The van der Waals surface area contributed by atoms with Gasteiger partial charge in [-0.1, -0.05) is 0 Å². The van der Waals surface area contributed by atoms with E-state index in [1.54, 1.807) is 11.8 Å². The van der Waals surface area contributed by atoms with Crippen LogP contribution in [-0.2, 0) is 14.3 Å². The lowest BCUT2D eigenvalue weighted by atomic mass is 10.0. The molecule has 3 N–H and O–H groups in total. The van der Waals surface area contributed by atoms with Crippen LogP contribution >= 0.6 is 0 Å². The summed E-state index contributed by atoms with van der Waals surface area (Å²) in [6.45, 7) is 3.27. The molecule has 0 spiro atoms. The third kappa shape index (κ3) is 3.60. The number of ether oxygens (including phenoxy) is 1. The Morgan fingerprint density at radius 1 is 1.40 bits per heavy atom. The molecule has 0 saturated carbocycles. The average molecular weight is 284 g/mol. The Labute approximate surface area is 117 Å². The maximum absolute atomic E-state index is 11.9. The van der Waals surface area contributed by atoms with Crippen LogP contribution in [0.4, 0.5) is 4.79 Å². The van der Waals surface area contributed by atoms with Gasteiger partial charge in [0.15, 0.2) is 0 Å². The Morgan fingerprint density at radius 2 is 2.10 bits per heavy atom. The van der Waals surface area contributed by atoms with Crippen molar-refractivity contribution in [3.05, 3.63) is 0 Å². The second-order valence-electron chi connectivity index (χ2n) is 4.92. The molecule has 1 unspecified atom stereocenters. The predicted molar refractivity (Wildman–Crippen MR) is 69.4 cm³/mol. The number of carbonyl (C=O) groups excluding carboxylic acids is 3. The zero-order valence-electron chi connectivity index (χ0n) is 11.5. The third-order valence-corrected chi connectivity index (χ3v) is 3.46. The van der Waals surface area contributed by atoms with Crippen LogP contribution in [0.15, 0.2) is 0 Å². The van der Waals surface area contributed by atoms with Gasteiger partial charge in [-0.3, -0.25) is 15.0 Å². The number of hydrogen-bond donors (Lipinski definition) is 3. The zero-order valence-corrected chi connectivity index (χ0v) is 11.5. The summed E-state index contributed by atoms with van der Waals surface area (Å²) in [7, 11) is 0. The van der Waals surface area contributed by atoms with Crippen molar-refractivity contribution in [1.29, 1.82) is 0 Å². The fraction of sp³-hybridized carbons (Fsp3) is 0.750. The van der Waals surface area contributed by atoms with E-state index in [4.69, 9.17) is 4.74 Å². The maximum Gasteiger partial charge on any atom is 0.409 e. The molecular formula is C12H20N4O4. The molecule has 0 aromatic carbocycles. The topological polar surface area (TPSA) is 99.8 Å². The molecule has 0 radical (unpaired) electrons. The predicted octanol–water partition coefficient (Wildman–Crippen LogP) is -0.883. The van der Waals surface area contributed by atoms with Crippen molar-refractivity contribution >= 4 is 17.9 Å². The van der Waals surface area contributed by atoms with Gasteiger partial charge in [0.1, 0.15) is 6.04 Å². The lowest BCUT2D eigenvalue weighted by Crippen LogP contribution is -2.51. The highest BCUT2D eigenvalue weighted by molar-refractivity contribution is 5.90. The fourth-order valence-corrected chi connectivity index (χ4v) is 2.34. The van der Waals surface area contributed by atoms with Gasteiger partial charge in [-0.2, -0.15) is 0 Å². The van der Waals surface area contributed by atoms with Crippen LogP contribution in [0.2, 0.25) is 0 Å². The van der Waals surface area contributed by atoms with E-state index in [2.05, 4.69) is 16.2 Å². The summed E-state index contributed by atoms with van der Waals surface area (Å²) < 4.78 is 4.93. The van der Waals surface area contributed by atoms with Gasteiger partial charge in [0.25, 0.3) is 0 Å². The fourth-order valence-electron chi connectivity index (χ4n) is 2.34. The zero-order chi connectivity index (χ0) is 14.5. The second-order valence-corrected chi connectivity index (χ2v) is 4.92. The number of amides is 3. The summed E-state index contributed by atoms with van der Waals surface area (Å²) in [6.07, 6.45) is 1.25.